The molecule has 0 fully saturated rings. The van der Waals surface area contributed by atoms with Crippen molar-refractivity contribution in [3.8, 4) is 11.5 Å². The highest BCUT2D eigenvalue weighted by atomic mass is 32.1. The van der Waals surface area contributed by atoms with E-state index >= 15 is 0 Å². The Kier molecular flexibility index (Phi) is 5.44. The van der Waals surface area contributed by atoms with E-state index in [9.17, 15) is 9.59 Å². The Hall–Kier alpha value is -2.22. The van der Waals surface area contributed by atoms with Gasteiger partial charge in [-0.3, -0.25) is 4.79 Å². The molecule has 2 rings (SSSR count). The smallest absolute Gasteiger partial charge is 0.344 e. The first kappa shape index (κ1) is 15.2. The van der Waals surface area contributed by atoms with E-state index in [1.54, 1.807) is 6.92 Å². The summed E-state index contributed by atoms with van der Waals surface area (Å²) in [6.45, 7) is 1.56. The van der Waals surface area contributed by atoms with Crippen LogP contribution in [0.1, 0.15) is 19.2 Å². The molecule has 0 saturated heterocycles. The number of hydrogen-bond acceptors (Lipinski definition) is 8. The number of hydrogen-bond donors (Lipinski definition) is 0. The van der Waals surface area contributed by atoms with Crippen molar-refractivity contribution in [2.75, 3.05) is 13.2 Å². The van der Waals surface area contributed by atoms with Crippen molar-refractivity contribution in [2.45, 2.75) is 19.8 Å². The van der Waals surface area contributed by atoms with Crippen LogP contribution in [-0.4, -0.2) is 35.3 Å². The first-order valence-corrected chi connectivity index (χ1v) is 7.29. The van der Waals surface area contributed by atoms with E-state index in [2.05, 4.69) is 14.9 Å². The Morgan fingerprint density at radius 2 is 2.14 bits per heavy atom. The molecule has 0 aliphatic carbocycles. The van der Waals surface area contributed by atoms with Crippen molar-refractivity contribution >= 4 is 23.3 Å². The zero-order valence-electron chi connectivity index (χ0n) is 11.4. The lowest BCUT2D eigenvalue weighted by atomic mass is 10.3. The van der Waals surface area contributed by atoms with Gasteiger partial charge in [-0.15, -0.1) is 10.2 Å². The van der Waals surface area contributed by atoms with E-state index in [1.165, 1.54) is 11.3 Å². The summed E-state index contributed by atoms with van der Waals surface area (Å²) >= 11 is 1.53. The van der Waals surface area contributed by atoms with Gasteiger partial charge in [0.2, 0.25) is 11.8 Å². The highest BCUT2D eigenvalue weighted by Gasteiger charge is 2.12. The predicted octanol–water partition coefficient (Wildman–Crippen LogP) is 1.84. The number of aryl methyl sites for hydroxylation is 1. The van der Waals surface area contributed by atoms with Gasteiger partial charge in [0.1, 0.15) is 0 Å². The molecule has 2 aromatic heterocycles. The zero-order chi connectivity index (χ0) is 15.1. The van der Waals surface area contributed by atoms with Gasteiger partial charge in [0.05, 0.1) is 13.0 Å². The Morgan fingerprint density at radius 3 is 2.86 bits per heavy atom. The van der Waals surface area contributed by atoms with E-state index in [-0.39, 0.29) is 26.1 Å². The van der Waals surface area contributed by atoms with Gasteiger partial charge in [-0.2, -0.15) is 11.3 Å². The molecule has 7 nitrogen and oxygen atoms in total. The number of thiophene rings is 1. The lowest BCUT2D eigenvalue weighted by Gasteiger charge is -2.03. The minimum absolute atomic E-state index is 0.0602. The monoisotopic (exact) mass is 310 g/mol. The third-order valence-electron chi connectivity index (χ3n) is 2.43. The van der Waals surface area contributed by atoms with Gasteiger partial charge in [0.25, 0.3) is 0 Å². The maximum atomic E-state index is 11.4. The van der Waals surface area contributed by atoms with Gasteiger partial charge in [-0.1, -0.05) is 0 Å². The van der Waals surface area contributed by atoms with Gasteiger partial charge >= 0.3 is 11.9 Å². The molecule has 0 spiro atoms. The quantitative estimate of drug-likeness (QED) is 0.720. The van der Waals surface area contributed by atoms with Crippen LogP contribution in [0.25, 0.3) is 11.5 Å². The van der Waals surface area contributed by atoms with Gasteiger partial charge in [0.15, 0.2) is 6.61 Å². The standard InChI is InChI=1S/C13H14N2O5S/c1-2-18-12(17)7-19-11(16)4-3-10-14-15-13(20-10)9-5-6-21-8-9/h5-6,8H,2-4,7H2,1H3. The van der Waals surface area contributed by atoms with E-state index in [0.717, 1.165) is 5.56 Å². The number of nitrogens with zero attached hydrogens (tertiary/aromatic N) is 2. The van der Waals surface area contributed by atoms with Crippen molar-refractivity contribution in [1.29, 1.82) is 0 Å². The third-order valence-corrected chi connectivity index (χ3v) is 3.12. The highest BCUT2D eigenvalue weighted by Crippen LogP contribution is 2.20. The second-order valence-electron chi connectivity index (χ2n) is 3.98. The molecule has 0 atom stereocenters. The summed E-state index contributed by atoms with van der Waals surface area (Å²) in [6, 6.07) is 1.87. The van der Waals surface area contributed by atoms with Gasteiger partial charge in [0, 0.05) is 17.4 Å². The Bertz CT molecular complexity index is 593. The molecular weight excluding hydrogens is 296 g/mol. The number of carbonyl (C=O) groups excluding carboxylic acids is 2. The molecule has 21 heavy (non-hydrogen) atoms. The van der Waals surface area contributed by atoms with Crippen LogP contribution in [0.15, 0.2) is 21.2 Å². The molecule has 0 amide bonds. The molecule has 0 aromatic carbocycles. The summed E-state index contributed by atoms with van der Waals surface area (Å²) in [7, 11) is 0. The maximum absolute atomic E-state index is 11.4. The number of aromatic nitrogens is 2. The zero-order valence-corrected chi connectivity index (χ0v) is 12.2. The Morgan fingerprint density at radius 1 is 1.29 bits per heavy atom. The molecule has 0 radical (unpaired) electrons. The fourth-order valence-electron chi connectivity index (χ4n) is 1.48. The summed E-state index contributed by atoms with van der Waals surface area (Å²) in [5.74, 6) is -0.308. The lowest BCUT2D eigenvalue weighted by Crippen LogP contribution is -2.16. The second kappa shape index (κ2) is 7.53. The maximum Gasteiger partial charge on any atom is 0.344 e. The fourth-order valence-corrected chi connectivity index (χ4v) is 2.11. The number of rotatable bonds is 7. The number of ether oxygens (including phenoxy) is 2. The van der Waals surface area contributed by atoms with E-state index in [1.807, 2.05) is 16.8 Å². The van der Waals surface area contributed by atoms with Crippen LogP contribution in [-0.2, 0) is 25.5 Å². The van der Waals surface area contributed by atoms with Crippen molar-refractivity contribution in [3.05, 3.63) is 22.7 Å². The first-order chi connectivity index (χ1) is 10.2. The van der Waals surface area contributed by atoms with Crippen molar-refractivity contribution in [2.24, 2.45) is 0 Å². The summed E-state index contributed by atoms with van der Waals surface area (Å²) in [5.41, 5.74) is 0.851. The molecule has 0 N–H and O–H groups in total. The van der Waals surface area contributed by atoms with Crippen LogP contribution in [0.2, 0.25) is 0 Å². The summed E-state index contributed by atoms with van der Waals surface area (Å²) < 4.78 is 14.8. The van der Waals surface area contributed by atoms with E-state index in [0.29, 0.717) is 11.8 Å². The predicted molar refractivity (Wildman–Crippen MR) is 73.5 cm³/mol. The van der Waals surface area contributed by atoms with Crippen LogP contribution < -0.4 is 0 Å². The van der Waals surface area contributed by atoms with Crippen molar-refractivity contribution < 1.29 is 23.5 Å². The third kappa shape index (κ3) is 4.67. The van der Waals surface area contributed by atoms with E-state index in [4.69, 9.17) is 9.15 Å². The summed E-state index contributed by atoms with van der Waals surface area (Å²) in [6.07, 6.45) is 0.323. The van der Waals surface area contributed by atoms with Crippen LogP contribution in [0.5, 0.6) is 0 Å². The summed E-state index contributed by atoms with van der Waals surface area (Å²) in [5, 5.41) is 11.6. The minimum Gasteiger partial charge on any atom is -0.463 e. The molecule has 0 bridgehead atoms. The highest BCUT2D eigenvalue weighted by molar-refractivity contribution is 7.08. The summed E-state index contributed by atoms with van der Waals surface area (Å²) in [4.78, 5) is 22.5. The van der Waals surface area contributed by atoms with Gasteiger partial charge in [-0.25, -0.2) is 4.79 Å². The number of esters is 2. The average Bonchev–Trinajstić information content (AvgIpc) is 3.13. The van der Waals surface area contributed by atoms with Gasteiger partial charge < -0.3 is 13.9 Å². The minimum atomic E-state index is -0.566. The van der Waals surface area contributed by atoms with Crippen molar-refractivity contribution in [1.82, 2.24) is 10.2 Å². The molecule has 0 aliphatic rings. The molecule has 2 aromatic rings. The average molecular weight is 310 g/mol. The molecule has 0 aliphatic heterocycles. The Labute approximate surface area is 124 Å². The van der Waals surface area contributed by atoms with Crippen LogP contribution in [0, 0.1) is 0 Å². The molecule has 2 heterocycles. The molecular formula is C13H14N2O5S. The van der Waals surface area contributed by atoms with Gasteiger partial charge in [-0.05, 0) is 18.4 Å². The second-order valence-corrected chi connectivity index (χ2v) is 4.76. The first-order valence-electron chi connectivity index (χ1n) is 6.35. The molecule has 112 valence electrons. The lowest BCUT2D eigenvalue weighted by molar-refractivity contribution is -0.158. The fraction of sp³-hybridized carbons (Fsp3) is 0.385. The Balaban J connectivity index is 1.75. The van der Waals surface area contributed by atoms with Crippen LogP contribution in [0.4, 0.5) is 0 Å². The SMILES string of the molecule is CCOC(=O)COC(=O)CCc1nnc(-c2ccsc2)o1. The van der Waals surface area contributed by atoms with Crippen LogP contribution >= 0.6 is 11.3 Å². The molecule has 0 saturated carbocycles. The largest absolute Gasteiger partial charge is 0.463 e. The topological polar surface area (TPSA) is 91.5 Å². The number of carbonyl (C=O) groups is 2. The molecule has 0 unspecified atom stereocenters. The van der Waals surface area contributed by atoms with Crippen molar-refractivity contribution in [3.63, 3.8) is 0 Å². The van der Waals surface area contributed by atoms with E-state index < -0.39 is 11.9 Å². The normalized spacial score (nSPS) is 10.3. The van der Waals surface area contributed by atoms with Crippen LogP contribution in [0.3, 0.4) is 0 Å². The molecule has 8 heteroatoms.